The van der Waals surface area contributed by atoms with Crippen LogP contribution in [-0.2, 0) is 9.53 Å². The maximum atomic E-state index is 11.6. The number of aliphatic hydroxyl groups is 1. The van der Waals surface area contributed by atoms with Crippen molar-refractivity contribution in [2.45, 2.75) is 38.7 Å². The van der Waals surface area contributed by atoms with Gasteiger partial charge in [-0.3, -0.25) is 4.79 Å². The number of carbonyl (C=O) groups excluding carboxylic acids is 1. The average molecular weight is 258 g/mol. The first-order valence-electron chi connectivity index (χ1n) is 6.73. The lowest BCUT2D eigenvalue weighted by Gasteiger charge is -2.38. The largest absolute Gasteiger partial charge is 0.392 e. The fraction of sp³-hybridized carbons (Fsp3) is 0.923. The molecule has 1 aliphatic rings. The van der Waals surface area contributed by atoms with Crippen LogP contribution in [0.5, 0.6) is 0 Å². The van der Waals surface area contributed by atoms with Gasteiger partial charge in [0.2, 0.25) is 5.91 Å². The second-order valence-corrected chi connectivity index (χ2v) is 5.36. The monoisotopic (exact) mass is 258 g/mol. The number of nitrogens with one attached hydrogen (secondary N) is 2. The Kier molecular flexibility index (Phi) is 6.60. The molecular formula is C13H26N2O3. The minimum absolute atomic E-state index is 0.0231. The standard InChI is InChI=1S/C13H26N2O3/c1-13(6-4-3-5-11(13)16)10-15-12(17)9-14-7-8-18-2/h11,14,16H,3-10H2,1-2H3,(H,15,17). The number of methoxy groups -OCH3 is 1. The quantitative estimate of drug-likeness (QED) is 0.574. The molecule has 0 bridgehead atoms. The molecule has 0 heterocycles. The summed E-state index contributed by atoms with van der Waals surface area (Å²) < 4.78 is 4.88. The molecule has 0 saturated heterocycles. The second-order valence-electron chi connectivity index (χ2n) is 5.36. The lowest BCUT2D eigenvalue weighted by molar-refractivity contribution is -0.121. The van der Waals surface area contributed by atoms with Gasteiger partial charge in [-0.15, -0.1) is 0 Å². The average Bonchev–Trinajstić information content (AvgIpc) is 2.36. The molecule has 5 heteroatoms. The van der Waals surface area contributed by atoms with Crippen LogP contribution < -0.4 is 10.6 Å². The predicted octanol–water partition coefficient (Wildman–Crippen LogP) is 0.280. The number of aliphatic hydroxyl groups excluding tert-OH is 1. The Bertz CT molecular complexity index is 261. The van der Waals surface area contributed by atoms with E-state index in [0.29, 0.717) is 26.2 Å². The molecular weight excluding hydrogens is 232 g/mol. The lowest BCUT2D eigenvalue weighted by atomic mass is 9.73. The summed E-state index contributed by atoms with van der Waals surface area (Å²) in [6.45, 7) is 4.18. The summed E-state index contributed by atoms with van der Waals surface area (Å²) >= 11 is 0. The Morgan fingerprint density at radius 3 is 2.94 bits per heavy atom. The van der Waals surface area contributed by atoms with Crippen molar-refractivity contribution < 1.29 is 14.6 Å². The van der Waals surface area contributed by atoms with E-state index >= 15 is 0 Å². The van der Waals surface area contributed by atoms with Crippen LogP contribution in [0.3, 0.4) is 0 Å². The number of hydrogen-bond acceptors (Lipinski definition) is 4. The molecule has 2 atom stereocenters. The van der Waals surface area contributed by atoms with Crippen LogP contribution in [0.1, 0.15) is 32.6 Å². The normalized spacial score (nSPS) is 28.1. The van der Waals surface area contributed by atoms with Gasteiger partial charge in [-0.25, -0.2) is 0 Å². The van der Waals surface area contributed by atoms with E-state index in [0.717, 1.165) is 25.7 Å². The van der Waals surface area contributed by atoms with Crippen molar-refractivity contribution in [2.24, 2.45) is 5.41 Å². The Morgan fingerprint density at radius 1 is 1.50 bits per heavy atom. The SMILES string of the molecule is COCCNCC(=O)NCC1(C)CCCCC1O. The van der Waals surface area contributed by atoms with E-state index in [2.05, 4.69) is 17.6 Å². The van der Waals surface area contributed by atoms with Crippen LogP contribution in [0.4, 0.5) is 0 Å². The minimum Gasteiger partial charge on any atom is -0.392 e. The molecule has 0 aromatic carbocycles. The van der Waals surface area contributed by atoms with Gasteiger partial charge in [0, 0.05) is 25.6 Å². The van der Waals surface area contributed by atoms with E-state index in [9.17, 15) is 9.90 Å². The predicted molar refractivity (Wildman–Crippen MR) is 70.3 cm³/mol. The highest BCUT2D eigenvalue weighted by Crippen LogP contribution is 2.35. The number of carbonyl (C=O) groups is 1. The van der Waals surface area contributed by atoms with E-state index in [4.69, 9.17) is 4.74 Å². The molecule has 1 rings (SSSR count). The van der Waals surface area contributed by atoms with Crippen molar-refractivity contribution in [3.8, 4) is 0 Å². The number of hydrogen-bond donors (Lipinski definition) is 3. The smallest absolute Gasteiger partial charge is 0.233 e. The van der Waals surface area contributed by atoms with Gasteiger partial charge in [0.1, 0.15) is 0 Å². The molecule has 2 unspecified atom stereocenters. The molecule has 0 radical (unpaired) electrons. The van der Waals surface area contributed by atoms with Crippen molar-refractivity contribution in [3.63, 3.8) is 0 Å². The van der Waals surface area contributed by atoms with Crippen LogP contribution in [0, 0.1) is 5.41 Å². The molecule has 1 saturated carbocycles. The van der Waals surface area contributed by atoms with Gasteiger partial charge < -0.3 is 20.5 Å². The third-order valence-corrected chi connectivity index (χ3v) is 3.74. The number of ether oxygens (including phenoxy) is 1. The minimum atomic E-state index is -0.298. The van der Waals surface area contributed by atoms with Gasteiger partial charge in [0.25, 0.3) is 0 Å². The van der Waals surface area contributed by atoms with Gasteiger partial charge in [-0.1, -0.05) is 19.8 Å². The molecule has 0 spiro atoms. The van der Waals surface area contributed by atoms with Crippen molar-refractivity contribution in [2.75, 3.05) is 33.4 Å². The summed E-state index contributed by atoms with van der Waals surface area (Å²) in [6.07, 6.45) is 3.75. The number of amides is 1. The van der Waals surface area contributed by atoms with Crippen LogP contribution in [0.15, 0.2) is 0 Å². The second kappa shape index (κ2) is 7.71. The Hall–Kier alpha value is -0.650. The van der Waals surface area contributed by atoms with Crippen molar-refractivity contribution in [3.05, 3.63) is 0 Å². The van der Waals surface area contributed by atoms with E-state index < -0.39 is 0 Å². The van der Waals surface area contributed by atoms with Gasteiger partial charge >= 0.3 is 0 Å². The molecule has 1 fully saturated rings. The highest BCUT2D eigenvalue weighted by atomic mass is 16.5. The van der Waals surface area contributed by atoms with Gasteiger partial charge in [-0.2, -0.15) is 0 Å². The Balaban J connectivity index is 2.20. The summed E-state index contributed by atoms with van der Waals surface area (Å²) in [5.74, 6) is -0.0231. The van der Waals surface area contributed by atoms with Gasteiger partial charge in [0.05, 0.1) is 19.3 Å². The summed E-state index contributed by atoms with van der Waals surface area (Å²) in [5.41, 5.74) is -0.166. The fourth-order valence-corrected chi connectivity index (χ4v) is 2.33. The van der Waals surface area contributed by atoms with Gasteiger partial charge in [0.15, 0.2) is 0 Å². The van der Waals surface area contributed by atoms with Crippen molar-refractivity contribution in [1.29, 1.82) is 0 Å². The Labute approximate surface area is 109 Å². The Morgan fingerprint density at radius 2 is 2.28 bits per heavy atom. The summed E-state index contributed by atoms with van der Waals surface area (Å²) in [5, 5.41) is 15.9. The van der Waals surface area contributed by atoms with Crippen LogP contribution in [-0.4, -0.2) is 50.5 Å². The topological polar surface area (TPSA) is 70.6 Å². The van der Waals surface area contributed by atoms with Crippen molar-refractivity contribution in [1.82, 2.24) is 10.6 Å². The fourth-order valence-electron chi connectivity index (χ4n) is 2.33. The zero-order chi connectivity index (χ0) is 13.4. The van der Waals surface area contributed by atoms with E-state index in [1.807, 2.05) is 0 Å². The first kappa shape index (κ1) is 15.4. The van der Waals surface area contributed by atoms with Crippen LogP contribution >= 0.6 is 0 Å². The number of rotatable bonds is 7. The zero-order valence-corrected chi connectivity index (χ0v) is 11.5. The zero-order valence-electron chi connectivity index (χ0n) is 11.5. The molecule has 0 aliphatic heterocycles. The lowest BCUT2D eigenvalue weighted by Crippen LogP contribution is -2.47. The first-order valence-corrected chi connectivity index (χ1v) is 6.73. The third kappa shape index (κ3) is 4.92. The van der Waals surface area contributed by atoms with E-state index in [-0.39, 0.29) is 17.4 Å². The van der Waals surface area contributed by atoms with E-state index in [1.165, 1.54) is 0 Å². The molecule has 1 aliphatic carbocycles. The molecule has 1 amide bonds. The highest BCUT2D eigenvalue weighted by molar-refractivity contribution is 5.78. The molecule has 0 aromatic rings. The first-order chi connectivity index (χ1) is 8.58. The molecule has 5 nitrogen and oxygen atoms in total. The summed E-state index contributed by atoms with van der Waals surface area (Å²) in [7, 11) is 1.63. The van der Waals surface area contributed by atoms with Gasteiger partial charge in [-0.05, 0) is 12.8 Å². The summed E-state index contributed by atoms with van der Waals surface area (Å²) in [6, 6.07) is 0. The maximum absolute atomic E-state index is 11.6. The molecule has 3 N–H and O–H groups in total. The molecule has 0 aromatic heterocycles. The third-order valence-electron chi connectivity index (χ3n) is 3.74. The molecule has 18 heavy (non-hydrogen) atoms. The van der Waals surface area contributed by atoms with Crippen LogP contribution in [0.25, 0.3) is 0 Å². The highest BCUT2D eigenvalue weighted by Gasteiger charge is 2.35. The molecule has 106 valence electrons. The maximum Gasteiger partial charge on any atom is 0.233 e. The summed E-state index contributed by atoms with van der Waals surface area (Å²) in [4.78, 5) is 11.6. The van der Waals surface area contributed by atoms with Crippen LogP contribution in [0.2, 0.25) is 0 Å². The van der Waals surface area contributed by atoms with Crippen molar-refractivity contribution >= 4 is 5.91 Å². The van der Waals surface area contributed by atoms with E-state index in [1.54, 1.807) is 7.11 Å².